The highest BCUT2D eigenvalue weighted by molar-refractivity contribution is 5.85. The maximum Gasteiger partial charge on any atom is 0.407 e. The number of likely N-dealkylation sites (tertiary alicyclic amines) is 1. The fourth-order valence-electron chi connectivity index (χ4n) is 5.23. The monoisotopic (exact) mass is 484 g/mol. The van der Waals surface area contributed by atoms with Crippen LogP contribution in [0.15, 0.2) is 48.5 Å². The number of carboxylic acids is 1. The molecule has 2 fully saturated rings. The van der Waals surface area contributed by atoms with Crippen molar-refractivity contribution in [2.24, 2.45) is 23.7 Å². The van der Waals surface area contributed by atoms with E-state index in [-0.39, 0.29) is 38.1 Å². The topological polar surface area (TPSA) is 95.9 Å². The standard InChI is InChI=1S/C26H26F2N2O5/c1-14(24(32)33)15-11-30(12-15)23(31)22-21(26(22,27)28)10-29-25(34)35-13-20-18-8-4-2-6-16(18)17-7-3-5-9-19(17)20/h2-9,14-15,20-22H,10-13H2,1H3,(H,29,34)(H,32,33). The third-order valence-corrected chi connectivity index (χ3v) is 7.60. The second-order valence-electron chi connectivity index (χ2n) is 9.60. The fraction of sp³-hybridized carbons (Fsp3) is 0.423. The number of benzene rings is 2. The maximum atomic E-state index is 14.3. The Hall–Kier alpha value is -3.49. The first-order valence-corrected chi connectivity index (χ1v) is 11.7. The summed E-state index contributed by atoms with van der Waals surface area (Å²) in [5, 5.41) is 11.4. The summed E-state index contributed by atoms with van der Waals surface area (Å²) < 4.78 is 34.0. The predicted octanol–water partition coefficient (Wildman–Crippen LogP) is 3.59. The van der Waals surface area contributed by atoms with E-state index in [1.165, 1.54) is 4.90 Å². The molecule has 2 aliphatic carbocycles. The van der Waals surface area contributed by atoms with Crippen LogP contribution in [0.1, 0.15) is 24.0 Å². The third-order valence-electron chi connectivity index (χ3n) is 7.60. The maximum absolute atomic E-state index is 14.3. The van der Waals surface area contributed by atoms with Gasteiger partial charge in [0.2, 0.25) is 5.91 Å². The number of hydrogen-bond acceptors (Lipinski definition) is 4. The van der Waals surface area contributed by atoms with Crippen LogP contribution < -0.4 is 5.32 Å². The van der Waals surface area contributed by atoms with Crippen molar-refractivity contribution in [3.05, 3.63) is 59.7 Å². The van der Waals surface area contributed by atoms with Crippen molar-refractivity contribution in [3.8, 4) is 11.1 Å². The molecule has 1 heterocycles. The number of carboxylic acid groups (broad SMARTS) is 1. The second kappa shape index (κ2) is 8.62. The van der Waals surface area contributed by atoms with E-state index in [0.29, 0.717) is 0 Å². The number of nitrogens with one attached hydrogen (secondary N) is 1. The number of carbonyl (C=O) groups is 3. The Labute approximate surface area is 201 Å². The Morgan fingerprint density at radius 3 is 2.23 bits per heavy atom. The lowest BCUT2D eigenvalue weighted by Crippen LogP contribution is -2.54. The van der Waals surface area contributed by atoms with Crippen LogP contribution in [0.25, 0.3) is 11.1 Å². The third kappa shape index (κ3) is 4.02. The van der Waals surface area contributed by atoms with Crippen molar-refractivity contribution >= 4 is 18.0 Å². The molecule has 35 heavy (non-hydrogen) atoms. The summed E-state index contributed by atoms with van der Waals surface area (Å²) >= 11 is 0. The van der Waals surface area contributed by atoms with Crippen molar-refractivity contribution < 1.29 is 33.0 Å². The number of aliphatic carboxylic acids is 1. The number of fused-ring (bicyclic) bond motifs is 3. The van der Waals surface area contributed by atoms with E-state index in [2.05, 4.69) is 5.32 Å². The minimum atomic E-state index is -3.21. The molecule has 1 saturated carbocycles. The zero-order chi connectivity index (χ0) is 24.9. The van der Waals surface area contributed by atoms with E-state index in [1.54, 1.807) is 6.92 Å². The summed E-state index contributed by atoms with van der Waals surface area (Å²) in [5.41, 5.74) is 4.26. The Morgan fingerprint density at radius 2 is 1.66 bits per heavy atom. The molecule has 3 unspecified atom stereocenters. The summed E-state index contributed by atoms with van der Waals surface area (Å²) in [6.07, 6.45) is -0.806. The summed E-state index contributed by atoms with van der Waals surface area (Å²) in [6.45, 7) is 1.56. The number of carbonyl (C=O) groups excluding carboxylic acids is 2. The lowest BCUT2D eigenvalue weighted by molar-refractivity contribution is -0.152. The average molecular weight is 484 g/mol. The van der Waals surface area contributed by atoms with E-state index in [9.17, 15) is 23.2 Å². The van der Waals surface area contributed by atoms with Crippen molar-refractivity contribution in [1.82, 2.24) is 10.2 Å². The number of halogens is 2. The van der Waals surface area contributed by atoms with Gasteiger partial charge >= 0.3 is 12.1 Å². The van der Waals surface area contributed by atoms with E-state index in [0.717, 1.165) is 22.3 Å². The van der Waals surface area contributed by atoms with Crippen molar-refractivity contribution in [2.75, 3.05) is 26.2 Å². The number of nitrogens with zero attached hydrogens (tertiary/aromatic N) is 1. The second-order valence-corrected chi connectivity index (χ2v) is 9.60. The van der Waals surface area contributed by atoms with Crippen LogP contribution in [0.3, 0.4) is 0 Å². The van der Waals surface area contributed by atoms with Gasteiger partial charge in [-0.1, -0.05) is 55.5 Å². The predicted molar refractivity (Wildman–Crippen MR) is 122 cm³/mol. The van der Waals surface area contributed by atoms with E-state index in [4.69, 9.17) is 9.84 Å². The van der Waals surface area contributed by atoms with Gasteiger partial charge in [-0.2, -0.15) is 0 Å². The highest BCUT2D eigenvalue weighted by Gasteiger charge is 2.72. The van der Waals surface area contributed by atoms with Gasteiger partial charge in [0.15, 0.2) is 0 Å². The number of alkyl halides is 2. The van der Waals surface area contributed by atoms with Crippen LogP contribution in [0.2, 0.25) is 0 Å². The fourth-order valence-corrected chi connectivity index (χ4v) is 5.23. The van der Waals surface area contributed by atoms with Crippen LogP contribution in [-0.4, -0.2) is 60.1 Å². The first kappa shape index (κ1) is 23.3. The molecular weight excluding hydrogens is 458 g/mol. The molecule has 1 aliphatic heterocycles. The Kier molecular flexibility index (Phi) is 5.73. The number of rotatable bonds is 7. The molecule has 1 saturated heterocycles. The number of ether oxygens (including phenoxy) is 1. The molecule has 0 aromatic heterocycles. The lowest BCUT2D eigenvalue weighted by Gasteiger charge is -2.41. The summed E-state index contributed by atoms with van der Waals surface area (Å²) in [6, 6.07) is 15.8. The first-order valence-electron chi connectivity index (χ1n) is 11.7. The molecular formula is C26H26F2N2O5. The van der Waals surface area contributed by atoms with Crippen LogP contribution in [0, 0.1) is 23.7 Å². The van der Waals surface area contributed by atoms with Gasteiger partial charge in [-0.15, -0.1) is 0 Å². The van der Waals surface area contributed by atoms with Crippen LogP contribution in [0.4, 0.5) is 13.6 Å². The van der Waals surface area contributed by atoms with Gasteiger partial charge in [-0.3, -0.25) is 9.59 Å². The average Bonchev–Trinajstić information content (AvgIpc) is 3.21. The van der Waals surface area contributed by atoms with Gasteiger partial charge in [0, 0.05) is 31.5 Å². The smallest absolute Gasteiger partial charge is 0.407 e. The molecule has 3 aliphatic rings. The summed E-state index contributed by atoms with van der Waals surface area (Å²) in [4.78, 5) is 37.1. The van der Waals surface area contributed by atoms with Crippen LogP contribution in [-0.2, 0) is 14.3 Å². The van der Waals surface area contributed by atoms with Crippen LogP contribution in [0.5, 0.6) is 0 Å². The quantitative estimate of drug-likeness (QED) is 0.626. The van der Waals surface area contributed by atoms with Crippen molar-refractivity contribution in [2.45, 2.75) is 18.8 Å². The highest BCUT2D eigenvalue weighted by atomic mass is 19.3. The molecule has 0 bridgehead atoms. The molecule has 184 valence electrons. The highest BCUT2D eigenvalue weighted by Crippen LogP contribution is 2.56. The zero-order valence-corrected chi connectivity index (χ0v) is 19.1. The molecule has 0 radical (unpaired) electrons. The van der Waals surface area contributed by atoms with E-state index < -0.39 is 41.6 Å². The van der Waals surface area contributed by atoms with Gasteiger partial charge in [-0.25, -0.2) is 13.6 Å². The molecule has 7 nitrogen and oxygen atoms in total. The SMILES string of the molecule is CC(C(=O)O)C1CN(C(=O)C2C(CNC(=O)OCC3c4ccccc4-c4ccccc43)C2(F)F)C1. The molecule has 9 heteroatoms. The number of alkyl carbamates (subject to hydrolysis) is 1. The van der Waals surface area contributed by atoms with Gasteiger partial charge in [0.1, 0.15) is 12.5 Å². The number of amides is 2. The van der Waals surface area contributed by atoms with E-state index >= 15 is 0 Å². The number of hydrogen-bond donors (Lipinski definition) is 2. The molecule has 2 aromatic carbocycles. The summed E-state index contributed by atoms with van der Waals surface area (Å²) in [5.74, 6) is -8.68. The minimum absolute atomic E-state index is 0.0696. The Morgan fingerprint density at radius 1 is 1.09 bits per heavy atom. The molecule has 3 atom stereocenters. The van der Waals surface area contributed by atoms with Gasteiger partial charge in [0.25, 0.3) is 5.92 Å². The molecule has 2 N–H and O–H groups in total. The van der Waals surface area contributed by atoms with Crippen molar-refractivity contribution in [1.29, 1.82) is 0 Å². The molecule has 2 aromatic rings. The molecule has 0 spiro atoms. The van der Waals surface area contributed by atoms with Crippen molar-refractivity contribution in [3.63, 3.8) is 0 Å². The Balaban J connectivity index is 1.13. The normalized spacial score (nSPS) is 23.0. The van der Waals surface area contributed by atoms with Gasteiger partial charge in [-0.05, 0) is 22.3 Å². The van der Waals surface area contributed by atoms with Gasteiger partial charge < -0.3 is 20.1 Å². The Bertz CT molecular complexity index is 1130. The first-order chi connectivity index (χ1) is 16.7. The zero-order valence-electron chi connectivity index (χ0n) is 19.1. The van der Waals surface area contributed by atoms with Gasteiger partial charge in [0.05, 0.1) is 11.8 Å². The van der Waals surface area contributed by atoms with Crippen LogP contribution >= 0.6 is 0 Å². The molecule has 2 amide bonds. The van der Waals surface area contributed by atoms with E-state index in [1.807, 2.05) is 48.5 Å². The summed E-state index contributed by atoms with van der Waals surface area (Å²) in [7, 11) is 0. The lowest BCUT2D eigenvalue weighted by atomic mass is 9.87. The minimum Gasteiger partial charge on any atom is -0.481 e. The largest absolute Gasteiger partial charge is 0.481 e. The molecule has 5 rings (SSSR count).